The van der Waals surface area contributed by atoms with Crippen LogP contribution < -0.4 is 0 Å². The van der Waals surface area contributed by atoms with Crippen LogP contribution >= 0.6 is 0 Å². The van der Waals surface area contributed by atoms with Crippen molar-refractivity contribution >= 4 is 5.91 Å². The smallest absolute Gasteiger partial charge is 0.254 e. The van der Waals surface area contributed by atoms with Crippen molar-refractivity contribution in [3.8, 4) is 0 Å². The van der Waals surface area contributed by atoms with Gasteiger partial charge in [0.15, 0.2) is 0 Å². The number of hydrogen-bond acceptors (Lipinski definition) is 1. The van der Waals surface area contributed by atoms with Crippen LogP contribution in [0, 0.1) is 6.92 Å². The molecular weight excluding hydrogens is 246 g/mol. The highest BCUT2D eigenvalue weighted by Crippen LogP contribution is 2.35. The van der Waals surface area contributed by atoms with Crippen molar-refractivity contribution in [3.63, 3.8) is 0 Å². The van der Waals surface area contributed by atoms with Gasteiger partial charge >= 0.3 is 0 Å². The van der Waals surface area contributed by atoms with Gasteiger partial charge in [0.25, 0.3) is 5.91 Å². The van der Waals surface area contributed by atoms with E-state index in [1.165, 1.54) is 16.7 Å². The minimum atomic E-state index is 0.103. The summed E-state index contributed by atoms with van der Waals surface area (Å²) in [5.41, 5.74) is 4.62. The van der Waals surface area contributed by atoms with Gasteiger partial charge in [0.05, 0.1) is 6.04 Å². The van der Waals surface area contributed by atoms with E-state index in [9.17, 15) is 4.79 Å². The molecule has 0 N–H and O–H groups in total. The van der Waals surface area contributed by atoms with Crippen molar-refractivity contribution in [3.05, 3.63) is 70.8 Å². The minimum absolute atomic E-state index is 0.103. The monoisotopic (exact) mass is 265 g/mol. The topological polar surface area (TPSA) is 20.3 Å². The molecule has 0 radical (unpaired) electrons. The lowest BCUT2D eigenvalue weighted by Gasteiger charge is -2.25. The fourth-order valence-corrected chi connectivity index (χ4v) is 2.98. The zero-order valence-electron chi connectivity index (χ0n) is 12.0. The molecule has 0 fully saturated rings. The zero-order valence-corrected chi connectivity index (χ0v) is 12.0. The van der Waals surface area contributed by atoms with Gasteiger partial charge in [-0.2, -0.15) is 0 Å². The Balaban J connectivity index is 1.85. The molecule has 0 bridgehead atoms. The Morgan fingerprint density at radius 2 is 1.80 bits per heavy atom. The van der Waals surface area contributed by atoms with E-state index in [0.29, 0.717) is 0 Å². The molecule has 2 aromatic carbocycles. The lowest BCUT2D eigenvalue weighted by atomic mass is 10.1. The second-order valence-electron chi connectivity index (χ2n) is 5.54. The maximum absolute atomic E-state index is 12.6. The van der Waals surface area contributed by atoms with E-state index in [1.54, 1.807) is 0 Å². The van der Waals surface area contributed by atoms with Crippen LogP contribution in [-0.2, 0) is 6.42 Å². The number of aryl methyl sites for hydroxylation is 2. The highest BCUT2D eigenvalue weighted by Gasteiger charge is 2.28. The molecule has 1 aliphatic carbocycles. The molecule has 0 heterocycles. The van der Waals surface area contributed by atoms with Crippen molar-refractivity contribution in [2.24, 2.45) is 0 Å². The summed E-state index contributed by atoms with van der Waals surface area (Å²) >= 11 is 0. The summed E-state index contributed by atoms with van der Waals surface area (Å²) in [6, 6.07) is 16.5. The maximum Gasteiger partial charge on any atom is 0.254 e. The number of fused-ring (bicyclic) bond motifs is 1. The van der Waals surface area contributed by atoms with Gasteiger partial charge in [0.1, 0.15) is 0 Å². The van der Waals surface area contributed by atoms with Gasteiger partial charge in [-0.15, -0.1) is 0 Å². The Bertz CT molecular complexity index is 630. The summed E-state index contributed by atoms with van der Waals surface area (Å²) in [5, 5.41) is 0. The van der Waals surface area contributed by atoms with Crippen molar-refractivity contribution in [2.45, 2.75) is 25.8 Å². The van der Waals surface area contributed by atoms with E-state index in [2.05, 4.69) is 24.3 Å². The first-order valence-corrected chi connectivity index (χ1v) is 7.08. The lowest BCUT2D eigenvalue weighted by molar-refractivity contribution is 0.0730. The molecule has 1 amide bonds. The molecular formula is C18H19NO. The number of amides is 1. The number of nitrogens with zero attached hydrogens (tertiary/aromatic N) is 1. The third-order valence-corrected chi connectivity index (χ3v) is 4.19. The van der Waals surface area contributed by atoms with E-state index >= 15 is 0 Å². The van der Waals surface area contributed by atoms with E-state index in [1.807, 2.05) is 43.1 Å². The summed E-state index contributed by atoms with van der Waals surface area (Å²) in [6.07, 6.45) is 2.08. The van der Waals surface area contributed by atoms with Crippen molar-refractivity contribution in [2.75, 3.05) is 7.05 Å². The second kappa shape index (κ2) is 5.12. The number of carbonyl (C=O) groups excluding carboxylic acids is 1. The maximum atomic E-state index is 12.6. The highest BCUT2D eigenvalue weighted by molar-refractivity contribution is 5.94. The minimum Gasteiger partial charge on any atom is -0.335 e. The Hall–Kier alpha value is -2.09. The van der Waals surface area contributed by atoms with E-state index in [0.717, 1.165) is 18.4 Å². The number of rotatable bonds is 2. The van der Waals surface area contributed by atoms with Crippen LogP contribution in [0.25, 0.3) is 0 Å². The lowest BCUT2D eigenvalue weighted by Crippen LogP contribution is -2.30. The van der Waals surface area contributed by atoms with Crippen LogP contribution in [0.3, 0.4) is 0 Å². The number of benzene rings is 2. The molecule has 3 rings (SSSR count). The fraction of sp³-hybridized carbons (Fsp3) is 0.278. The Morgan fingerprint density at radius 1 is 1.10 bits per heavy atom. The van der Waals surface area contributed by atoms with Crippen molar-refractivity contribution in [1.29, 1.82) is 0 Å². The molecule has 2 nitrogen and oxygen atoms in total. The van der Waals surface area contributed by atoms with Crippen LogP contribution in [0.2, 0.25) is 0 Å². The van der Waals surface area contributed by atoms with Crippen molar-refractivity contribution < 1.29 is 4.79 Å². The van der Waals surface area contributed by atoms with Gasteiger partial charge in [-0.3, -0.25) is 4.79 Å². The molecule has 2 heteroatoms. The predicted octanol–water partition coefficient (Wildman–Crippen LogP) is 3.75. The molecule has 2 aromatic rings. The third-order valence-electron chi connectivity index (χ3n) is 4.19. The highest BCUT2D eigenvalue weighted by atomic mass is 16.2. The van der Waals surface area contributed by atoms with Gasteiger partial charge in [-0.05, 0) is 43.0 Å². The first kappa shape index (κ1) is 12.9. The summed E-state index contributed by atoms with van der Waals surface area (Å²) in [4.78, 5) is 14.5. The molecule has 1 aliphatic rings. The molecule has 1 unspecified atom stereocenters. The molecule has 102 valence electrons. The Kier molecular flexibility index (Phi) is 3.31. The third kappa shape index (κ3) is 2.22. The van der Waals surface area contributed by atoms with Crippen LogP contribution in [-0.4, -0.2) is 17.9 Å². The number of carbonyl (C=O) groups is 1. The average molecular weight is 265 g/mol. The van der Waals surface area contributed by atoms with E-state index < -0.39 is 0 Å². The summed E-state index contributed by atoms with van der Waals surface area (Å²) in [5.74, 6) is 0.103. The van der Waals surface area contributed by atoms with Gasteiger partial charge in [0, 0.05) is 12.6 Å². The molecule has 0 saturated carbocycles. The van der Waals surface area contributed by atoms with Crippen LogP contribution in [0.1, 0.15) is 39.5 Å². The molecule has 0 aliphatic heterocycles. The predicted molar refractivity (Wildman–Crippen MR) is 80.8 cm³/mol. The molecule has 1 atom stereocenters. The zero-order chi connectivity index (χ0) is 14.1. The van der Waals surface area contributed by atoms with Gasteiger partial charge in [-0.1, -0.05) is 42.0 Å². The SMILES string of the molecule is Cc1ccc(C(=O)N(C)C2CCc3ccccc32)cc1. The Morgan fingerprint density at radius 3 is 2.55 bits per heavy atom. The summed E-state index contributed by atoms with van der Waals surface area (Å²) < 4.78 is 0. The quantitative estimate of drug-likeness (QED) is 0.809. The van der Waals surface area contributed by atoms with Crippen molar-refractivity contribution in [1.82, 2.24) is 4.90 Å². The first-order valence-electron chi connectivity index (χ1n) is 7.08. The van der Waals surface area contributed by atoms with E-state index in [4.69, 9.17) is 0 Å². The largest absolute Gasteiger partial charge is 0.335 e. The molecule has 0 aromatic heterocycles. The standard InChI is InChI=1S/C18H19NO/c1-13-7-9-15(10-8-13)18(20)19(2)17-12-11-14-5-3-4-6-16(14)17/h3-10,17H,11-12H2,1-2H3. The summed E-state index contributed by atoms with van der Waals surface area (Å²) in [6.45, 7) is 2.03. The van der Waals surface area contributed by atoms with Crippen LogP contribution in [0.4, 0.5) is 0 Å². The fourth-order valence-electron chi connectivity index (χ4n) is 2.98. The van der Waals surface area contributed by atoms with Crippen LogP contribution in [0.5, 0.6) is 0 Å². The Labute approximate surface area is 120 Å². The molecule has 20 heavy (non-hydrogen) atoms. The van der Waals surface area contributed by atoms with E-state index in [-0.39, 0.29) is 11.9 Å². The normalized spacial score (nSPS) is 16.8. The second-order valence-corrected chi connectivity index (χ2v) is 5.54. The van der Waals surface area contributed by atoms with Gasteiger partial charge < -0.3 is 4.90 Å². The molecule has 0 spiro atoms. The van der Waals surface area contributed by atoms with Gasteiger partial charge in [-0.25, -0.2) is 0 Å². The first-order chi connectivity index (χ1) is 9.66. The average Bonchev–Trinajstić information content (AvgIpc) is 2.90. The van der Waals surface area contributed by atoms with Gasteiger partial charge in [0.2, 0.25) is 0 Å². The molecule has 0 saturated heterocycles. The summed E-state index contributed by atoms with van der Waals surface area (Å²) in [7, 11) is 1.91. The van der Waals surface area contributed by atoms with Crippen LogP contribution in [0.15, 0.2) is 48.5 Å². The number of hydrogen-bond donors (Lipinski definition) is 0.